The fraction of sp³-hybridized carbons (Fsp3) is 1.00. The number of aliphatic hydroxyl groups excluding tert-OH is 1. The van der Waals surface area contributed by atoms with Gasteiger partial charge >= 0.3 is 23.5 Å². The molecule has 1 aliphatic carbocycles. The first kappa shape index (κ1) is 23.5. The van der Waals surface area contributed by atoms with Crippen LogP contribution in [0.5, 0.6) is 0 Å². The average Bonchev–Trinajstić information content (AvgIpc) is 2.71. The highest BCUT2D eigenvalue weighted by Gasteiger charge is 2.62. The third kappa shape index (κ3) is 6.34. The van der Waals surface area contributed by atoms with E-state index in [-0.39, 0.29) is 0 Å². The standard InChI is InChI=1S/C9H19O15P3/c1-9(2)20-6-4(22-25(11,12)13)3(10)5(23-26(14,15)16)8(7(6)21-9)24-27(17,18)19/h3-8,10H,1-2H3,(H2,11,12,13)(H2,14,15,16)(H2,17,18,19)/t3-,4-,5+,6-,7-,8-/m0/s1. The predicted molar refractivity (Wildman–Crippen MR) is 80.6 cm³/mol. The van der Waals surface area contributed by atoms with Gasteiger partial charge in [-0.15, -0.1) is 0 Å². The first-order valence-electron chi connectivity index (χ1n) is 7.14. The molecule has 2 rings (SSSR count). The molecule has 18 heteroatoms. The monoisotopic (exact) mass is 460 g/mol. The van der Waals surface area contributed by atoms with Crippen molar-refractivity contribution in [1.29, 1.82) is 0 Å². The van der Waals surface area contributed by atoms with Crippen molar-refractivity contribution in [3.63, 3.8) is 0 Å². The zero-order valence-electron chi connectivity index (χ0n) is 13.7. The number of ether oxygens (including phenoxy) is 2. The second-order valence-corrected chi connectivity index (χ2v) is 9.81. The Morgan fingerprint density at radius 1 is 0.704 bits per heavy atom. The summed E-state index contributed by atoms with van der Waals surface area (Å²) in [5.41, 5.74) is 0. The largest absolute Gasteiger partial charge is 0.470 e. The lowest BCUT2D eigenvalue weighted by Crippen LogP contribution is -2.64. The van der Waals surface area contributed by atoms with Gasteiger partial charge in [-0.2, -0.15) is 0 Å². The van der Waals surface area contributed by atoms with Gasteiger partial charge in [-0.25, -0.2) is 13.7 Å². The Labute approximate surface area is 151 Å². The molecule has 1 saturated heterocycles. The number of hydrogen-bond acceptors (Lipinski definition) is 9. The molecule has 2 aliphatic rings. The molecular weight excluding hydrogens is 441 g/mol. The summed E-state index contributed by atoms with van der Waals surface area (Å²) in [7, 11) is -15.9. The summed E-state index contributed by atoms with van der Waals surface area (Å²) in [6.07, 6.45) is -11.5. The molecule has 1 aliphatic heterocycles. The molecular formula is C9H19O15P3. The van der Waals surface area contributed by atoms with E-state index < -0.39 is 65.9 Å². The second-order valence-electron chi connectivity index (χ2n) is 6.24. The number of hydrogen-bond donors (Lipinski definition) is 7. The van der Waals surface area contributed by atoms with Gasteiger partial charge in [0.15, 0.2) is 5.79 Å². The van der Waals surface area contributed by atoms with E-state index in [2.05, 4.69) is 13.6 Å². The van der Waals surface area contributed by atoms with Crippen molar-refractivity contribution in [2.24, 2.45) is 0 Å². The first-order valence-corrected chi connectivity index (χ1v) is 11.7. The maximum Gasteiger partial charge on any atom is 0.470 e. The fourth-order valence-corrected chi connectivity index (χ4v) is 4.61. The lowest BCUT2D eigenvalue weighted by molar-refractivity contribution is -0.181. The van der Waals surface area contributed by atoms with E-state index in [0.717, 1.165) is 0 Å². The molecule has 1 heterocycles. The maximum atomic E-state index is 11.3. The van der Waals surface area contributed by atoms with Gasteiger partial charge in [-0.1, -0.05) is 0 Å². The molecule has 0 spiro atoms. The molecule has 0 aromatic heterocycles. The van der Waals surface area contributed by atoms with Crippen LogP contribution in [-0.4, -0.2) is 76.9 Å². The minimum Gasteiger partial charge on any atom is -0.387 e. The summed E-state index contributed by atoms with van der Waals surface area (Å²) in [5, 5.41) is 10.3. The minimum atomic E-state index is -5.36. The van der Waals surface area contributed by atoms with Gasteiger partial charge in [-0.3, -0.25) is 13.6 Å². The van der Waals surface area contributed by atoms with Gasteiger partial charge in [0, 0.05) is 0 Å². The van der Waals surface area contributed by atoms with E-state index >= 15 is 0 Å². The molecule has 7 N–H and O–H groups in total. The van der Waals surface area contributed by atoms with Crippen LogP contribution in [0.2, 0.25) is 0 Å². The zero-order valence-corrected chi connectivity index (χ0v) is 16.4. The molecule has 0 aromatic carbocycles. The van der Waals surface area contributed by atoms with Gasteiger partial charge in [0.2, 0.25) is 0 Å². The molecule has 2 fully saturated rings. The van der Waals surface area contributed by atoms with Crippen LogP contribution in [-0.2, 0) is 36.7 Å². The number of fused-ring (bicyclic) bond motifs is 1. The van der Waals surface area contributed by atoms with Crippen molar-refractivity contribution >= 4 is 23.5 Å². The first-order chi connectivity index (χ1) is 11.9. The van der Waals surface area contributed by atoms with Gasteiger partial charge in [-0.05, 0) is 13.8 Å². The Kier molecular flexibility index (Phi) is 6.50. The number of rotatable bonds is 6. The van der Waals surface area contributed by atoms with Gasteiger partial charge in [0.1, 0.15) is 36.6 Å². The molecule has 0 unspecified atom stereocenters. The zero-order chi connectivity index (χ0) is 21.0. The van der Waals surface area contributed by atoms with Crippen LogP contribution < -0.4 is 0 Å². The Hall–Kier alpha value is 0.210. The Morgan fingerprint density at radius 2 is 1.04 bits per heavy atom. The summed E-state index contributed by atoms with van der Waals surface area (Å²) in [4.78, 5) is 54.3. The molecule has 0 aromatic rings. The van der Waals surface area contributed by atoms with Crippen molar-refractivity contribution in [3.8, 4) is 0 Å². The number of aliphatic hydroxyl groups is 1. The molecule has 27 heavy (non-hydrogen) atoms. The predicted octanol–water partition coefficient (Wildman–Crippen LogP) is -1.69. The van der Waals surface area contributed by atoms with Crippen molar-refractivity contribution in [2.75, 3.05) is 0 Å². The smallest absolute Gasteiger partial charge is 0.387 e. The van der Waals surface area contributed by atoms with E-state index in [9.17, 15) is 18.8 Å². The average molecular weight is 460 g/mol. The maximum absolute atomic E-state index is 11.3. The Balaban J connectivity index is 2.49. The van der Waals surface area contributed by atoms with E-state index in [1.807, 2.05) is 0 Å². The van der Waals surface area contributed by atoms with Crippen LogP contribution in [0.3, 0.4) is 0 Å². The summed E-state index contributed by atoms with van der Waals surface area (Å²) in [5.74, 6) is -1.49. The third-order valence-electron chi connectivity index (χ3n) is 3.59. The highest BCUT2D eigenvalue weighted by atomic mass is 31.2. The van der Waals surface area contributed by atoms with Gasteiger partial charge in [0.05, 0.1) is 0 Å². The van der Waals surface area contributed by atoms with E-state index in [1.54, 1.807) is 0 Å². The van der Waals surface area contributed by atoms with E-state index in [4.69, 9.17) is 38.8 Å². The SMILES string of the molecule is CC1(C)O[C@@H]2[C@@H](OP(=O)(O)O)[C@H](OP(=O)(O)O)[C@@H](O)[C@H](OP(=O)(O)O)[C@@H]2O1. The van der Waals surface area contributed by atoms with Crippen LogP contribution in [0, 0.1) is 0 Å². The summed E-state index contributed by atoms with van der Waals surface area (Å²) in [6.45, 7) is 2.67. The summed E-state index contributed by atoms with van der Waals surface area (Å²) >= 11 is 0. The lowest BCUT2D eigenvalue weighted by Gasteiger charge is -2.43. The van der Waals surface area contributed by atoms with E-state index in [1.165, 1.54) is 13.8 Å². The van der Waals surface area contributed by atoms with E-state index in [0.29, 0.717) is 0 Å². The van der Waals surface area contributed by atoms with Crippen LogP contribution in [0.1, 0.15) is 13.8 Å². The van der Waals surface area contributed by atoms with Crippen LogP contribution >= 0.6 is 23.5 Å². The van der Waals surface area contributed by atoms with Crippen LogP contribution in [0.25, 0.3) is 0 Å². The molecule has 0 bridgehead atoms. The topological polar surface area (TPSA) is 239 Å². The third-order valence-corrected chi connectivity index (χ3v) is 5.14. The molecule has 0 radical (unpaired) electrons. The minimum absolute atomic E-state index is 1.33. The highest BCUT2D eigenvalue weighted by Crippen LogP contribution is 2.52. The Bertz CT molecular complexity index is 691. The van der Waals surface area contributed by atoms with Crippen molar-refractivity contribution in [1.82, 2.24) is 0 Å². The van der Waals surface area contributed by atoms with Gasteiger partial charge in [0.25, 0.3) is 0 Å². The fourth-order valence-electron chi connectivity index (χ4n) is 2.93. The molecule has 15 nitrogen and oxygen atoms in total. The second kappa shape index (κ2) is 7.47. The molecule has 160 valence electrons. The number of phosphoric ester groups is 3. The van der Waals surface area contributed by atoms with Crippen molar-refractivity contribution in [3.05, 3.63) is 0 Å². The van der Waals surface area contributed by atoms with Crippen LogP contribution in [0.15, 0.2) is 0 Å². The molecule has 1 saturated carbocycles. The summed E-state index contributed by atoms with van der Waals surface area (Å²) in [6, 6.07) is 0. The van der Waals surface area contributed by atoms with Crippen molar-refractivity contribution in [2.45, 2.75) is 56.3 Å². The number of phosphoric acid groups is 3. The van der Waals surface area contributed by atoms with Crippen LogP contribution in [0.4, 0.5) is 0 Å². The molecule has 0 amide bonds. The van der Waals surface area contributed by atoms with Crippen molar-refractivity contribution < 1.29 is 71.2 Å². The normalized spacial score (nSPS) is 37.2. The Morgan fingerprint density at radius 3 is 1.44 bits per heavy atom. The summed E-state index contributed by atoms with van der Waals surface area (Å²) < 4.78 is 57.7. The highest BCUT2D eigenvalue weighted by molar-refractivity contribution is 7.46. The lowest BCUT2D eigenvalue weighted by atomic mass is 9.85. The molecule has 6 atom stereocenters. The van der Waals surface area contributed by atoms with Gasteiger partial charge < -0.3 is 43.9 Å². The quantitative estimate of drug-likeness (QED) is 0.219.